The van der Waals surface area contributed by atoms with E-state index in [1.165, 1.54) is 6.07 Å². The molecule has 0 aliphatic rings. The molecule has 0 fully saturated rings. The van der Waals surface area contributed by atoms with E-state index in [2.05, 4.69) is 21.2 Å². The molecule has 1 aromatic carbocycles. The lowest BCUT2D eigenvalue weighted by molar-refractivity contribution is 0.0786. The predicted octanol–water partition coefficient (Wildman–Crippen LogP) is 4.35. The van der Waals surface area contributed by atoms with Crippen molar-refractivity contribution in [3.8, 4) is 0 Å². The van der Waals surface area contributed by atoms with Crippen molar-refractivity contribution in [1.29, 1.82) is 0 Å². The lowest BCUT2D eigenvalue weighted by Gasteiger charge is -2.19. The van der Waals surface area contributed by atoms with Gasteiger partial charge in [-0.25, -0.2) is 4.39 Å². The Morgan fingerprint density at radius 3 is 2.86 bits per heavy atom. The molecular weight excluding hydrogens is 355 g/mol. The summed E-state index contributed by atoms with van der Waals surface area (Å²) in [6.45, 7) is 2.92. The molecule has 0 spiro atoms. The van der Waals surface area contributed by atoms with E-state index in [4.69, 9.17) is 0 Å². The number of carbonyl (C=O) groups is 1. The molecule has 0 saturated carbocycles. The summed E-state index contributed by atoms with van der Waals surface area (Å²) in [5.74, 6) is -0.609. The maximum absolute atomic E-state index is 13.9. The highest BCUT2D eigenvalue weighted by Gasteiger charge is 2.18. The van der Waals surface area contributed by atoms with E-state index in [1.54, 1.807) is 35.4 Å². The highest BCUT2D eigenvalue weighted by Crippen LogP contribution is 2.24. The zero-order chi connectivity index (χ0) is 15.4. The molecule has 0 atom stereocenters. The average molecular weight is 371 g/mol. The largest absolute Gasteiger partial charge is 0.382 e. The SMILES string of the molecule is CCNc1c(F)cccc1C(=O)N(C)Cc1csc(Br)c1. The average Bonchev–Trinajstić information content (AvgIpc) is 2.85. The second-order valence-electron chi connectivity index (χ2n) is 4.61. The monoisotopic (exact) mass is 370 g/mol. The zero-order valence-electron chi connectivity index (χ0n) is 11.8. The Bertz CT molecular complexity index is 644. The minimum absolute atomic E-state index is 0.201. The summed E-state index contributed by atoms with van der Waals surface area (Å²) in [4.78, 5) is 14.1. The summed E-state index contributed by atoms with van der Waals surface area (Å²) in [6.07, 6.45) is 0. The number of amides is 1. The number of halogens is 2. The van der Waals surface area contributed by atoms with Crippen LogP contribution in [0.25, 0.3) is 0 Å². The molecule has 112 valence electrons. The summed E-state index contributed by atoms with van der Waals surface area (Å²) in [5.41, 5.74) is 1.67. The van der Waals surface area contributed by atoms with Crippen LogP contribution >= 0.6 is 27.3 Å². The van der Waals surface area contributed by atoms with E-state index in [-0.39, 0.29) is 11.6 Å². The quantitative estimate of drug-likeness (QED) is 0.847. The van der Waals surface area contributed by atoms with Crippen LogP contribution in [0.15, 0.2) is 33.4 Å². The van der Waals surface area contributed by atoms with Crippen LogP contribution in [-0.2, 0) is 6.54 Å². The third kappa shape index (κ3) is 3.83. The number of benzene rings is 1. The number of anilines is 1. The van der Waals surface area contributed by atoms with Crippen molar-refractivity contribution >= 4 is 38.9 Å². The first-order valence-corrected chi connectivity index (χ1v) is 8.21. The summed E-state index contributed by atoms with van der Waals surface area (Å²) in [7, 11) is 1.72. The molecule has 6 heteroatoms. The molecule has 1 heterocycles. The van der Waals surface area contributed by atoms with Crippen LogP contribution in [0.4, 0.5) is 10.1 Å². The second kappa shape index (κ2) is 7.04. The van der Waals surface area contributed by atoms with Crippen molar-refractivity contribution in [1.82, 2.24) is 4.90 Å². The number of hydrogen-bond acceptors (Lipinski definition) is 3. The lowest BCUT2D eigenvalue weighted by Crippen LogP contribution is -2.27. The molecule has 0 aliphatic heterocycles. The molecule has 1 N–H and O–H groups in total. The van der Waals surface area contributed by atoms with E-state index in [9.17, 15) is 9.18 Å². The van der Waals surface area contributed by atoms with Gasteiger partial charge in [0.2, 0.25) is 0 Å². The Balaban J connectivity index is 2.21. The molecule has 0 radical (unpaired) electrons. The Kier molecular flexibility index (Phi) is 5.36. The highest BCUT2D eigenvalue weighted by atomic mass is 79.9. The molecule has 0 bridgehead atoms. The smallest absolute Gasteiger partial charge is 0.256 e. The number of nitrogens with zero attached hydrogens (tertiary/aromatic N) is 1. The van der Waals surface area contributed by atoms with Gasteiger partial charge in [0.1, 0.15) is 5.82 Å². The van der Waals surface area contributed by atoms with Crippen molar-refractivity contribution in [2.45, 2.75) is 13.5 Å². The molecule has 2 rings (SSSR count). The first-order chi connectivity index (χ1) is 10.0. The van der Waals surface area contributed by atoms with Gasteiger partial charge in [0.05, 0.1) is 15.0 Å². The minimum atomic E-state index is -0.408. The van der Waals surface area contributed by atoms with Crippen LogP contribution < -0.4 is 5.32 Å². The number of nitrogens with one attached hydrogen (secondary N) is 1. The van der Waals surface area contributed by atoms with Crippen molar-refractivity contribution in [3.05, 3.63) is 50.4 Å². The van der Waals surface area contributed by atoms with Gasteiger partial charge in [0.15, 0.2) is 0 Å². The Hall–Kier alpha value is -1.40. The molecule has 3 nitrogen and oxygen atoms in total. The van der Waals surface area contributed by atoms with Gasteiger partial charge >= 0.3 is 0 Å². The fraction of sp³-hybridized carbons (Fsp3) is 0.267. The normalized spacial score (nSPS) is 10.5. The van der Waals surface area contributed by atoms with Gasteiger partial charge in [-0.1, -0.05) is 6.07 Å². The minimum Gasteiger partial charge on any atom is -0.382 e. The molecule has 0 aliphatic carbocycles. The van der Waals surface area contributed by atoms with E-state index in [0.717, 1.165) is 9.35 Å². The van der Waals surface area contributed by atoms with E-state index in [1.807, 2.05) is 18.4 Å². The van der Waals surface area contributed by atoms with Gasteiger partial charge in [-0.2, -0.15) is 0 Å². The van der Waals surface area contributed by atoms with Crippen LogP contribution in [0.3, 0.4) is 0 Å². The number of para-hydroxylation sites is 1. The first kappa shape index (κ1) is 16.0. The number of hydrogen-bond donors (Lipinski definition) is 1. The Morgan fingerprint density at radius 1 is 1.48 bits per heavy atom. The van der Waals surface area contributed by atoms with Gasteiger partial charge < -0.3 is 10.2 Å². The summed E-state index contributed by atoms with van der Waals surface area (Å²) < 4.78 is 14.9. The maximum atomic E-state index is 13.9. The van der Waals surface area contributed by atoms with Crippen LogP contribution in [-0.4, -0.2) is 24.4 Å². The predicted molar refractivity (Wildman–Crippen MR) is 88.4 cm³/mol. The molecule has 2 aromatic rings. The molecule has 1 aromatic heterocycles. The molecule has 1 amide bonds. The third-order valence-electron chi connectivity index (χ3n) is 2.99. The first-order valence-electron chi connectivity index (χ1n) is 6.53. The zero-order valence-corrected chi connectivity index (χ0v) is 14.2. The van der Waals surface area contributed by atoms with Crippen LogP contribution in [0.2, 0.25) is 0 Å². The van der Waals surface area contributed by atoms with Crippen LogP contribution in [0.1, 0.15) is 22.8 Å². The standard InChI is InChI=1S/C15H16BrFN2OS/c1-3-18-14-11(5-4-6-12(14)17)15(20)19(2)8-10-7-13(16)21-9-10/h4-7,9,18H,3,8H2,1-2H3. The van der Waals surface area contributed by atoms with Gasteiger partial charge in [0.25, 0.3) is 5.91 Å². The van der Waals surface area contributed by atoms with Crippen molar-refractivity contribution < 1.29 is 9.18 Å². The summed E-state index contributed by atoms with van der Waals surface area (Å²) >= 11 is 4.98. The van der Waals surface area contributed by atoms with E-state index in [0.29, 0.717) is 18.7 Å². The molecule has 0 unspecified atom stereocenters. The van der Waals surface area contributed by atoms with Gasteiger partial charge in [0, 0.05) is 20.1 Å². The van der Waals surface area contributed by atoms with Gasteiger partial charge in [-0.15, -0.1) is 11.3 Å². The molecular formula is C15H16BrFN2OS. The molecule has 21 heavy (non-hydrogen) atoms. The molecule has 0 saturated heterocycles. The maximum Gasteiger partial charge on any atom is 0.256 e. The van der Waals surface area contributed by atoms with Crippen molar-refractivity contribution in [3.63, 3.8) is 0 Å². The van der Waals surface area contributed by atoms with Crippen molar-refractivity contribution in [2.24, 2.45) is 0 Å². The van der Waals surface area contributed by atoms with Gasteiger partial charge in [-0.3, -0.25) is 4.79 Å². The topological polar surface area (TPSA) is 32.3 Å². The fourth-order valence-electron chi connectivity index (χ4n) is 2.04. The van der Waals surface area contributed by atoms with Crippen LogP contribution in [0.5, 0.6) is 0 Å². The Morgan fingerprint density at radius 2 is 2.24 bits per heavy atom. The Labute approximate surface area is 135 Å². The number of thiophene rings is 1. The van der Waals surface area contributed by atoms with E-state index < -0.39 is 5.82 Å². The van der Waals surface area contributed by atoms with Crippen molar-refractivity contribution in [2.75, 3.05) is 18.9 Å². The highest BCUT2D eigenvalue weighted by molar-refractivity contribution is 9.11. The summed E-state index contributed by atoms with van der Waals surface area (Å²) in [5, 5.41) is 4.91. The fourth-order valence-corrected chi connectivity index (χ4v) is 3.24. The third-order valence-corrected chi connectivity index (χ3v) is 4.54. The number of rotatable bonds is 5. The van der Waals surface area contributed by atoms with Crippen LogP contribution in [0, 0.1) is 5.82 Å². The van der Waals surface area contributed by atoms with Gasteiger partial charge in [-0.05, 0) is 52.0 Å². The summed E-state index contributed by atoms with van der Waals surface area (Å²) in [6, 6.07) is 6.53. The van der Waals surface area contributed by atoms with E-state index >= 15 is 0 Å². The second-order valence-corrected chi connectivity index (χ2v) is 6.90. The lowest BCUT2D eigenvalue weighted by atomic mass is 10.1. The number of carbonyl (C=O) groups excluding carboxylic acids is 1.